The van der Waals surface area contributed by atoms with Crippen molar-refractivity contribution >= 4 is 11.1 Å². The lowest BCUT2D eigenvalue weighted by Gasteiger charge is -2.19. The van der Waals surface area contributed by atoms with Gasteiger partial charge in [0.05, 0.1) is 26.4 Å². The highest BCUT2D eigenvalue weighted by Crippen LogP contribution is 2.37. The van der Waals surface area contributed by atoms with Gasteiger partial charge in [0.2, 0.25) is 0 Å². The van der Waals surface area contributed by atoms with E-state index in [1.807, 2.05) is 36.4 Å². The Kier molecular flexibility index (Phi) is 8.09. The fourth-order valence-corrected chi connectivity index (χ4v) is 4.31. The molecule has 0 saturated heterocycles. The smallest absolute Gasteiger partial charge is 0.119 e. The zero-order chi connectivity index (χ0) is 24.4. The van der Waals surface area contributed by atoms with Crippen molar-refractivity contribution < 1.29 is 18.9 Å². The number of rotatable bonds is 2. The van der Waals surface area contributed by atoms with E-state index in [1.54, 1.807) is 0 Å². The molecule has 0 radical (unpaired) electrons. The van der Waals surface area contributed by atoms with E-state index in [0.717, 1.165) is 44.9 Å². The van der Waals surface area contributed by atoms with Gasteiger partial charge < -0.3 is 18.9 Å². The van der Waals surface area contributed by atoms with Crippen molar-refractivity contribution in [2.45, 2.75) is 0 Å². The predicted octanol–water partition coefficient (Wildman–Crippen LogP) is 6.50. The van der Waals surface area contributed by atoms with Crippen LogP contribution in [0.15, 0.2) is 109 Å². The molecule has 0 N–H and O–H groups in total. The third-order valence-electron chi connectivity index (χ3n) is 6.03. The minimum absolute atomic E-state index is 0.491. The molecule has 3 aliphatic heterocycles. The first-order valence-corrected chi connectivity index (χ1v) is 12.4. The third kappa shape index (κ3) is 6.03. The Morgan fingerprint density at radius 2 is 0.667 bits per heavy atom. The molecule has 4 nitrogen and oxygen atoms in total. The summed E-state index contributed by atoms with van der Waals surface area (Å²) in [6.45, 7) is 3.08. The molecule has 3 heterocycles. The summed E-state index contributed by atoms with van der Waals surface area (Å²) in [5.74, 6) is 1.64. The summed E-state index contributed by atoms with van der Waals surface area (Å²) in [5, 5.41) is 0. The Labute approximate surface area is 212 Å². The van der Waals surface area contributed by atoms with Crippen LogP contribution in [0, 0.1) is 0 Å². The third-order valence-corrected chi connectivity index (χ3v) is 6.03. The van der Waals surface area contributed by atoms with Crippen molar-refractivity contribution in [3.63, 3.8) is 0 Å². The van der Waals surface area contributed by atoms with E-state index < -0.39 is 0 Å². The van der Waals surface area contributed by atoms with Gasteiger partial charge in [-0.05, 0) is 57.7 Å². The molecule has 0 aliphatic carbocycles. The van der Waals surface area contributed by atoms with Crippen molar-refractivity contribution in [2.24, 2.45) is 0 Å². The summed E-state index contributed by atoms with van der Waals surface area (Å²) in [5.41, 5.74) is 6.86. The summed E-state index contributed by atoms with van der Waals surface area (Å²) in [4.78, 5) is 0. The van der Waals surface area contributed by atoms with E-state index in [4.69, 9.17) is 18.9 Å². The normalized spacial score (nSPS) is 17.2. The quantitative estimate of drug-likeness (QED) is 0.330. The molecule has 7 rings (SSSR count). The minimum Gasteiger partial charge on any atom is -0.491 e. The van der Waals surface area contributed by atoms with Gasteiger partial charge in [0, 0.05) is 0 Å². The largest absolute Gasteiger partial charge is 0.491 e. The van der Waals surface area contributed by atoms with Crippen molar-refractivity contribution in [1.29, 1.82) is 0 Å². The minimum atomic E-state index is 0.491. The van der Waals surface area contributed by atoms with Gasteiger partial charge in [0.1, 0.15) is 24.7 Å². The number of hydrogen-bond donors (Lipinski definition) is 0. The monoisotopic (exact) mass is 478 g/mol. The molecule has 0 unspecified atom stereocenters. The molecule has 0 aromatic heterocycles. The lowest BCUT2D eigenvalue weighted by molar-refractivity contribution is 0.0273. The average Bonchev–Trinajstić information content (AvgIpc) is 2.94. The summed E-state index contributed by atoms with van der Waals surface area (Å²) in [6.07, 6.45) is 0. The van der Waals surface area contributed by atoms with Crippen LogP contribution < -0.4 is 9.47 Å². The zero-order valence-corrected chi connectivity index (χ0v) is 20.3. The molecule has 36 heavy (non-hydrogen) atoms. The van der Waals surface area contributed by atoms with E-state index in [0.29, 0.717) is 39.6 Å². The summed E-state index contributed by atoms with van der Waals surface area (Å²) in [6, 6.07) is 37.7. The number of hydrogen-bond acceptors (Lipinski definition) is 4. The van der Waals surface area contributed by atoms with Crippen LogP contribution in [-0.2, 0) is 9.47 Å². The number of fused-ring (bicyclic) bond motifs is 2. The van der Waals surface area contributed by atoms with Gasteiger partial charge in [-0.2, -0.15) is 0 Å². The first-order chi connectivity index (χ1) is 17.9. The second-order valence-electron chi connectivity index (χ2n) is 8.45. The standard InChI is InChI=1S/C32H30O4/c1-3-7-25(8-4-1)31-27-11-15-29(16-12-27)35-23-21-33-19-20-34-22-24-36-30-17-13-28(14-18-30)32(31)26-9-5-2-6-10-26/h1-18H,19-24H2/b32-31-. The highest BCUT2D eigenvalue weighted by Gasteiger charge is 2.16. The van der Waals surface area contributed by atoms with Gasteiger partial charge in [-0.1, -0.05) is 84.9 Å². The Morgan fingerprint density at radius 3 is 1.06 bits per heavy atom. The number of benzene rings is 4. The van der Waals surface area contributed by atoms with E-state index in [9.17, 15) is 0 Å². The molecule has 3 aliphatic rings. The molecular weight excluding hydrogens is 448 g/mol. The average molecular weight is 479 g/mol. The molecule has 4 heteroatoms. The lowest BCUT2D eigenvalue weighted by Crippen LogP contribution is -2.13. The van der Waals surface area contributed by atoms with E-state index >= 15 is 0 Å². The fourth-order valence-electron chi connectivity index (χ4n) is 4.31. The van der Waals surface area contributed by atoms with E-state index in [2.05, 4.69) is 72.8 Å². The molecule has 4 aromatic carbocycles. The summed E-state index contributed by atoms with van der Waals surface area (Å²) >= 11 is 0. The fraction of sp³-hybridized carbons (Fsp3) is 0.188. The molecule has 0 spiro atoms. The second-order valence-corrected chi connectivity index (χ2v) is 8.45. The van der Waals surface area contributed by atoms with Crippen LogP contribution in [0.4, 0.5) is 0 Å². The Bertz CT molecular complexity index is 1150. The topological polar surface area (TPSA) is 36.9 Å². The van der Waals surface area contributed by atoms with Gasteiger partial charge in [0.15, 0.2) is 0 Å². The van der Waals surface area contributed by atoms with Crippen LogP contribution >= 0.6 is 0 Å². The predicted molar refractivity (Wildman–Crippen MR) is 143 cm³/mol. The summed E-state index contributed by atoms with van der Waals surface area (Å²) in [7, 11) is 0. The molecule has 0 amide bonds. The Hall–Kier alpha value is -3.86. The van der Waals surface area contributed by atoms with Gasteiger partial charge in [0.25, 0.3) is 0 Å². The van der Waals surface area contributed by atoms with Crippen LogP contribution in [0.5, 0.6) is 11.5 Å². The van der Waals surface area contributed by atoms with Crippen LogP contribution in [0.3, 0.4) is 0 Å². The Morgan fingerprint density at radius 1 is 0.333 bits per heavy atom. The van der Waals surface area contributed by atoms with Crippen molar-refractivity contribution in [2.75, 3.05) is 39.6 Å². The molecule has 4 bridgehead atoms. The maximum absolute atomic E-state index is 5.91. The molecular formula is C32H30O4. The number of ether oxygens (including phenoxy) is 4. The SMILES string of the molecule is c1ccc(/C2=C(\c3ccccc3)c3ccc(cc3)OCCOCCOCCOc3ccc2cc3)cc1. The highest BCUT2D eigenvalue weighted by atomic mass is 16.6. The lowest BCUT2D eigenvalue weighted by atomic mass is 9.86. The molecule has 0 atom stereocenters. The van der Waals surface area contributed by atoms with Crippen molar-refractivity contribution in [3.8, 4) is 11.5 Å². The first kappa shape index (κ1) is 23.9. The van der Waals surface area contributed by atoms with Gasteiger partial charge >= 0.3 is 0 Å². The molecule has 0 fully saturated rings. The van der Waals surface area contributed by atoms with E-state index in [-0.39, 0.29) is 0 Å². The van der Waals surface area contributed by atoms with Crippen molar-refractivity contribution in [1.82, 2.24) is 0 Å². The molecule has 4 aromatic rings. The van der Waals surface area contributed by atoms with Crippen LogP contribution in [-0.4, -0.2) is 39.6 Å². The van der Waals surface area contributed by atoms with E-state index in [1.165, 1.54) is 0 Å². The van der Waals surface area contributed by atoms with Gasteiger partial charge in [-0.3, -0.25) is 0 Å². The first-order valence-electron chi connectivity index (χ1n) is 12.4. The Balaban J connectivity index is 1.65. The van der Waals surface area contributed by atoms with Crippen LogP contribution in [0.25, 0.3) is 11.1 Å². The maximum Gasteiger partial charge on any atom is 0.119 e. The van der Waals surface area contributed by atoms with Crippen LogP contribution in [0.1, 0.15) is 22.3 Å². The zero-order valence-electron chi connectivity index (χ0n) is 20.3. The maximum atomic E-state index is 5.91. The van der Waals surface area contributed by atoms with Crippen molar-refractivity contribution in [3.05, 3.63) is 131 Å². The van der Waals surface area contributed by atoms with Gasteiger partial charge in [-0.15, -0.1) is 0 Å². The highest BCUT2D eigenvalue weighted by molar-refractivity contribution is 6.04. The molecule has 182 valence electrons. The second kappa shape index (κ2) is 12.2. The summed E-state index contributed by atoms with van der Waals surface area (Å²) < 4.78 is 23.0. The van der Waals surface area contributed by atoms with Crippen LogP contribution in [0.2, 0.25) is 0 Å². The molecule has 0 saturated carbocycles. The van der Waals surface area contributed by atoms with Gasteiger partial charge in [-0.25, -0.2) is 0 Å².